The number of carbonyl (C=O) groups excluding carboxylic acids is 1. The van der Waals surface area contributed by atoms with E-state index in [0.717, 1.165) is 37.8 Å². The molecule has 1 aromatic carbocycles. The number of amides is 1. The Morgan fingerprint density at radius 2 is 1.93 bits per heavy atom. The standard InChI is InChI=1S/C22H31N3O2/c1-5-16(6-2)22(26)25-13-7-8-19(14-25)21-23-20(24-27-21)18-11-9-17(10-12-18)15(3)4/h9-12,15-16,19H,5-8,13-14H2,1-4H3/t19-/m1/s1. The molecule has 0 radical (unpaired) electrons. The highest BCUT2D eigenvalue weighted by Crippen LogP contribution is 2.29. The molecule has 5 heteroatoms. The maximum Gasteiger partial charge on any atom is 0.231 e. The smallest absolute Gasteiger partial charge is 0.231 e. The third-order valence-electron chi connectivity index (χ3n) is 5.69. The third kappa shape index (κ3) is 4.40. The Balaban J connectivity index is 1.71. The number of carbonyl (C=O) groups is 1. The van der Waals surface area contributed by atoms with Gasteiger partial charge in [0.25, 0.3) is 0 Å². The SMILES string of the molecule is CCC(CC)C(=O)N1CCC[C@@H](c2nc(-c3ccc(C(C)C)cc3)no2)C1. The molecule has 0 unspecified atom stereocenters. The maximum absolute atomic E-state index is 12.7. The first-order valence-corrected chi connectivity index (χ1v) is 10.3. The van der Waals surface area contributed by atoms with Crippen LogP contribution in [-0.4, -0.2) is 34.0 Å². The zero-order valence-corrected chi connectivity index (χ0v) is 16.9. The molecule has 0 N–H and O–H groups in total. The summed E-state index contributed by atoms with van der Waals surface area (Å²) in [6, 6.07) is 8.33. The van der Waals surface area contributed by atoms with Crippen LogP contribution in [0.25, 0.3) is 11.4 Å². The lowest BCUT2D eigenvalue weighted by molar-refractivity contribution is -0.137. The van der Waals surface area contributed by atoms with Crippen molar-refractivity contribution in [2.75, 3.05) is 13.1 Å². The summed E-state index contributed by atoms with van der Waals surface area (Å²) in [5, 5.41) is 4.18. The summed E-state index contributed by atoms with van der Waals surface area (Å²) < 4.78 is 5.58. The minimum atomic E-state index is 0.126. The summed E-state index contributed by atoms with van der Waals surface area (Å²) in [5.41, 5.74) is 2.26. The van der Waals surface area contributed by atoms with E-state index in [9.17, 15) is 4.79 Å². The monoisotopic (exact) mass is 369 g/mol. The van der Waals surface area contributed by atoms with Crippen molar-refractivity contribution in [1.82, 2.24) is 15.0 Å². The Kier molecular flexibility index (Phi) is 6.30. The summed E-state index contributed by atoms with van der Waals surface area (Å²) in [6.07, 6.45) is 3.76. The van der Waals surface area contributed by atoms with E-state index in [2.05, 4.69) is 50.0 Å². The fraction of sp³-hybridized carbons (Fsp3) is 0.591. The van der Waals surface area contributed by atoms with Gasteiger partial charge in [-0.3, -0.25) is 4.79 Å². The normalized spacial score (nSPS) is 17.7. The lowest BCUT2D eigenvalue weighted by atomic mass is 9.95. The molecule has 1 aliphatic heterocycles. The first kappa shape index (κ1) is 19.6. The van der Waals surface area contributed by atoms with Crippen LogP contribution >= 0.6 is 0 Å². The molecule has 1 aromatic heterocycles. The van der Waals surface area contributed by atoms with Crippen LogP contribution in [0.2, 0.25) is 0 Å². The van der Waals surface area contributed by atoms with Crippen LogP contribution in [0.5, 0.6) is 0 Å². The Morgan fingerprint density at radius 3 is 2.56 bits per heavy atom. The van der Waals surface area contributed by atoms with Gasteiger partial charge in [-0.15, -0.1) is 0 Å². The fourth-order valence-electron chi connectivity index (χ4n) is 3.81. The predicted octanol–water partition coefficient (Wildman–Crippen LogP) is 5.00. The molecular formula is C22H31N3O2. The van der Waals surface area contributed by atoms with Crippen molar-refractivity contribution in [3.8, 4) is 11.4 Å². The molecule has 0 spiro atoms. The molecule has 146 valence electrons. The Bertz CT molecular complexity index is 747. The number of nitrogens with zero attached hydrogens (tertiary/aromatic N) is 3. The van der Waals surface area contributed by atoms with Crippen LogP contribution in [-0.2, 0) is 4.79 Å². The number of likely N-dealkylation sites (tertiary alicyclic amines) is 1. The van der Waals surface area contributed by atoms with Gasteiger partial charge in [-0.25, -0.2) is 0 Å². The molecule has 27 heavy (non-hydrogen) atoms. The summed E-state index contributed by atoms with van der Waals surface area (Å²) in [4.78, 5) is 19.3. The third-order valence-corrected chi connectivity index (χ3v) is 5.69. The van der Waals surface area contributed by atoms with Crippen molar-refractivity contribution in [3.05, 3.63) is 35.7 Å². The highest BCUT2D eigenvalue weighted by Gasteiger charge is 2.30. The van der Waals surface area contributed by atoms with Gasteiger partial charge in [0.1, 0.15) is 0 Å². The van der Waals surface area contributed by atoms with E-state index >= 15 is 0 Å². The zero-order valence-electron chi connectivity index (χ0n) is 16.9. The van der Waals surface area contributed by atoms with Gasteiger partial charge >= 0.3 is 0 Å². The lowest BCUT2D eigenvalue weighted by Crippen LogP contribution is -2.42. The second-order valence-corrected chi connectivity index (χ2v) is 7.87. The van der Waals surface area contributed by atoms with E-state index in [1.54, 1.807) is 0 Å². The number of rotatable bonds is 6. The van der Waals surface area contributed by atoms with Gasteiger partial charge < -0.3 is 9.42 Å². The van der Waals surface area contributed by atoms with Crippen molar-refractivity contribution < 1.29 is 9.32 Å². The van der Waals surface area contributed by atoms with Crippen molar-refractivity contribution in [2.45, 2.75) is 65.2 Å². The molecular weight excluding hydrogens is 338 g/mol. The molecule has 0 aliphatic carbocycles. The molecule has 1 atom stereocenters. The quantitative estimate of drug-likeness (QED) is 0.719. The highest BCUT2D eigenvalue weighted by atomic mass is 16.5. The van der Waals surface area contributed by atoms with Crippen LogP contribution in [0.4, 0.5) is 0 Å². The van der Waals surface area contributed by atoms with Crippen LogP contribution in [0.1, 0.15) is 76.7 Å². The van der Waals surface area contributed by atoms with Gasteiger partial charge in [-0.05, 0) is 37.2 Å². The molecule has 5 nitrogen and oxygen atoms in total. The molecule has 0 saturated carbocycles. The van der Waals surface area contributed by atoms with E-state index in [1.807, 2.05) is 17.0 Å². The van der Waals surface area contributed by atoms with Crippen molar-refractivity contribution in [3.63, 3.8) is 0 Å². The topological polar surface area (TPSA) is 59.2 Å². The van der Waals surface area contributed by atoms with E-state index in [-0.39, 0.29) is 17.7 Å². The highest BCUT2D eigenvalue weighted by molar-refractivity contribution is 5.78. The Hall–Kier alpha value is -2.17. The molecule has 1 fully saturated rings. The van der Waals surface area contributed by atoms with Crippen LogP contribution in [0.3, 0.4) is 0 Å². The molecule has 1 amide bonds. The van der Waals surface area contributed by atoms with E-state index in [4.69, 9.17) is 4.52 Å². The van der Waals surface area contributed by atoms with Gasteiger partial charge in [0.05, 0.1) is 5.92 Å². The molecule has 2 heterocycles. The maximum atomic E-state index is 12.7. The van der Waals surface area contributed by atoms with Crippen LogP contribution in [0.15, 0.2) is 28.8 Å². The summed E-state index contributed by atoms with van der Waals surface area (Å²) >= 11 is 0. The van der Waals surface area contributed by atoms with E-state index in [1.165, 1.54) is 5.56 Å². The minimum Gasteiger partial charge on any atom is -0.342 e. The molecule has 3 rings (SSSR count). The van der Waals surface area contributed by atoms with Crippen molar-refractivity contribution >= 4 is 5.91 Å². The first-order chi connectivity index (χ1) is 13.0. The van der Waals surface area contributed by atoms with Crippen LogP contribution in [0, 0.1) is 5.92 Å². The summed E-state index contributed by atoms with van der Waals surface area (Å²) in [5.74, 6) is 2.31. The largest absolute Gasteiger partial charge is 0.342 e. The Labute approximate surface area is 162 Å². The average Bonchev–Trinajstić information content (AvgIpc) is 3.19. The molecule has 1 aliphatic rings. The van der Waals surface area contributed by atoms with E-state index < -0.39 is 0 Å². The predicted molar refractivity (Wildman–Crippen MR) is 106 cm³/mol. The van der Waals surface area contributed by atoms with Gasteiger partial charge in [0.2, 0.25) is 17.6 Å². The second kappa shape index (κ2) is 8.68. The van der Waals surface area contributed by atoms with Gasteiger partial charge in [-0.2, -0.15) is 4.98 Å². The number of piperidine rings is 1. The summed E-state index contributed by atoms with van der Waals surface area (Å²) in [6.45, 7) is 10.1. The van der Waals surface area contributed by atoms with Gasteiger partial charge in [0.15, 0.2) is 0 Å². The number of benzene rings is 1. The lowest BCUT2D eigenvalue weighted by Gasteiger charge is -2.33. The summed E-state index contributed by atoms with van der Waals surface area (Å²) in [7, 11) is 0. The van der Waals surface area contributed by atoms with Gasteiger partial charge in [-0.1, -0.05) is 57.1 Å². The van der Waals surface area contributed by atoms with Crippen molar-refractivity contribution in [2.24, 2.45) is 5.92 Å². The Morgan fingerprint density at radius 1 is 1.22 bits per heavy atom. The van der Waals surface area contributed by atoms with E-state index in [0.29, 0.717) is 24.2 Å². The number of hydrogen-bond donors (Lipinski definition) is 0. The molecule has 2 aromatic rings. The average molecular weight is 370 g/mol. The van der Waals surface area contributed by atoms with Gasteiger partial charge in [0, 0.05) is 24.6 Å². The van der Waals surface area contributed by atoms with Crippen molar-refractivity contribution in [1.29, 1.82) is 0 Å². The first-order valence-electron chi connectivity index (χ1n) is 10.3. The number of hydrogen-bond acceptors (Lipinski definition) is 4. The van der Waals surface area contributed by atoms with Crippen LogP contribution < -0.4 is 0 Å². The zero-order chi connectivity index (χ0) is 19.4. The minimum absolute atomic E-state index is 0.126. The number of aromatic nitrogens is 2. The second-order valence-electron chi connectivity index (χ2n) is 7.87. The molecule has 0 bridgehead atoms. The fourth-order valence-corrected chi connectivity index (χ4v) is 3.81. The molecule has 1 saturated heterocycles.